The van der Waals surface area contributed by atoms with Crippen LogP contribution in [0.15, 0.2) is 18.2 Å². The Hall–Kier alpha value is -1.60. The first-order valence-electron chi connectivity index (χ1n) is 8.19. The predicted octanol–water partition coefficient (Wildman–Crippen LogP) is 1.61. The highest BCUT2D eigenvalue weighted by atomic mass is 32.2. The minimum atomic E-state index is -3.41. The zero-order valence-corrected chi connectivity index (χ0v) is 15.4. The Labute approximate surface area is 144 Å². The van der Waals surface area contributed by atoms with Crippen LogP contribution >= 0.6 is 0 Å². The molecular formula is C17H26N2O4S. The quantitative estimate of drug-likeness (QED) is 0.842. The maximum absolute atomic E-state index is 12.1. The highest BCUT2D eigenvalue weighted by Crippen LogP contribution is 2.21. The van der Waals surface area contributed by atoms with Crippen LogP contribution in [-0.2, 0) is 19.6 Å². The Morgan fingerprint density at radius 3 is 2.33 bits per heavy atom. The lowest BCUT2D eigenvalue weighted by molar-refractivity contribution is -0.127. The summed E-state index contributed by atoms with van der Waals surface area (Å²) in [5, 5.41) is 2.85. The fourth-order valence-corrected chi connectivity index (χ4v) is 3.88. The number of anilines is 1. The lowest BCUT2D eigenvalue weighted by atomic mass is 9.99. The average Bonchev–Trinajstić information content (AvgIpc) is 2.50. The van der Waals surface area contributed by atoms with E-state index < -0.39 is 10.0 Å². The van der Waals surface area contributed by atoms with Crippen molar-refractivity contribution in [3.05, 3.63) is 29.3 Å². The van der Waals surface area contributed by atoms with E-state index in [0.717, 1.165) is 24.0 Å². The van der Waals surface area contributed by atoms with Gasteiger partial charge in [-0.3, -0.25) is 9.10 Å². The molecule has 7 heteroatoms. The maximum atomic E-state index is 12.1. The summed E-state index contributed by atoms with van der Waals surface area (Å²) in [4.78, 5) is 12.1. The van der Waals surface area contributed by atoms with Crippen LogP contribution in [0.25, 0.3) is 0 Å². The predicted molar refractivity (Wildman–Crippen MR) is 94.7 cm³/mol. The zero-order valence-electron chi connectivity index (χ0n) is 14.5. The molecular weight excluding hydrogens is 328 g/mol. The summed E-state index contributed by atoms with van der Waals surface area (Å²) in [5.41, 5.74) is 2.64. The smallest absolute Gasteiger partial charge is 0.232 e. The number of nitrogens with zero attached hydrogens (tertiary/aromatic N) is 1. The van der Waals surface area contributed by atoms with Crippen molar-refractivity contribution in [2.45, 2.75) is 26.7 Å². The van der Waals surface area contributed by atoms with Gasteiger partial charge in [0, 0.05) is 25.7 Å². The summed E-state index contributed by atoms with van der Waals surface area (Å²) >= 11 is 0. The number of amides is 1. The first-order valence-corrected chi connectivity index (χ1v) is 10.0. The monoisotopic (exact) mass is 354 g/mol. The Morgan fingerprint density at radius 1 is 1.21 bits per heavy atom. The van der Waals surface area contributed by atoms with Gasteiger partial charge in [0.05, 0.1) is 18.5 Å². The molecule has 1 amide bonds. The first kappa shape index (κ1) is 18.7. The molecule has 0 radical (unpaired) electrons. The van der Waals surface area contributed by atoms with Crippen LogP contribution in [0.1, 0.15) is 24.0 Å². The lowest BCUT2D eigenvalue weighted by Gasteiger charge is -2.25. The summed E-state index contributed by atoms with van der Waals surface area (Å²) in [7, 11) is -3.41. The number of nitrogens with one attached hydrogen (secondary N) is 1. The van der Waals surface area contributed by atoms with Gasteiger partial charge in [-0.15, -0.1) is 0 Å². The van der Waals surface area contributed by atoms with Crippen molar-refractivity contribution in [2.75, 3.05) is 36.9 Å². The molecule has 6 nitrogen and oxygen atoms in total. The van der Waals surface area contributed by atoms with Crippen molar-refractivity contribution in [3.63, 3.8) is 0 Å². The topological polar surface area (TPSA) is 75.7 Å². The second-order valence-electron chi connectivity index (χ2n) is 6.36. The Balaban J connectivity index is 2.01. The second-order valence-corrected chi connectivity index (χ2v) is 8.27. The van der Waals surface area contributed by atoms with Gasteiger partial charge in [-0.1, -0.05) is 6.07 Å². The third-order valence-electron chi connectivity index (χ3n) is 4.10. The van der Waals surface area contributed by atoms with Gasteiger partial charge in [-0.05, 0) is 49.9 Å². The summed E-state index contributed by atoms with van der Waals surface area (Å²) < 4.78 is 30.9. The number of sulfonamides is 1. The molecule has 1 heterocycles. The molecule has 0 aliphatic carbocycles. The van der Waals surface area contributed by atoms with Gasteiger partial charge >= 0.3 is 0 Å². The number of rotatable bonds is 6. The Kier molecular flexibility index (Phi) is 6.23. The van der Waals surface area contributed by atoms with Crippen LogP contribution in [0.3, 0.4) is 0 Å². The molecule has 1 N–H and O–H groups in total. The van der Waals surface area contributed by atoms with Gasteiger partial charge in [0.2, 0.25) is 15.9 Å². The zero-order chi connectivity index (χ0) is 17.7. The van der Waals surface area contributed by atoms with Gasteiger partial charge in [-0.2, -0.15) is 0 Å². The fourth-order valence-electron chi connectivity index (χ4n) is 2.97. The molecule has 0 unspecified atom stereocenters. The van der Waals surface area contributed by atoms with Gasteiger partial charge < -0.3 is 10.1 Å². The molecule has 0 aromatic heterocycles. The number of aryl methyl sites for hydroxylation is 2. The van der Waals surface area contributed by atoms with Gasteiger partial charge in [0.1, 0.15) is 0 Å². The number of hydrogen-bond acceptors (Lipinski definition) is 4. The third-order valence-corrected chi connectivity index (χ3v) is 5.30. The fraction of sp³-hybridized carbons (Fsp3) is 0.588. The molecule has 2 rings (SSSR count). The molecule has 1 aliphatic heterocycles. The number of carbonyl (C=O) groups excluding carboxylic acids is 1. The van der Waals surface area contributed by atoms with E-state index in [4.69, 9.17) is 4.74 Å². The number of hydrogen-bond donors (Lipinski definition) is 1. The number of carbonyl (C=O) groups is 1. The molecule has 1 saturated heterocycles. The summed E-state index contributed by atoms with van der Waals surface area (Å²) in [6, 6.07) is 5.68. The van der Waals surface area contributed by atoms with E-state index in [-0.39, 0.29) is 24.9 Å². The normalized spacial score (nSPS) is 16.0. The Morgan fingerprint density at radius 2 is 1.79 bits per heavy atom. The van der Waals surface area contributed by atoms with Crippen molar-refractivity contribution < 1.29 is 17.9 Å². The van der Waals surface area contributed by atoms with Crippen LogP contribution < -0.4 is 9.62 Å². The molecule has 1 fully saturated rings. The molecule has 24 heavy (non-hydrogen) atoms. The highest BCUT2D eigenvalue weighted by Gasteiger charge is 2.22. The van der Waals surface area contributed by atoms with Crippen molar-refractivity contribution in [3.8, 4) is 0 Å². The molecule has 0 saturated carbocycles. The standard InChI is InChI=1S/C17H26N2O4S/c1-13-10-14(2)12-16(11-13)19(24(3,21)22)7-6-18-17(20)15-4-8-23-9-5-15/h10-12,15H,4-9H2,1-3H3,(H,18,20). The van der Waals surface area contributed by atoms with Crippen LogP contribution in [0.4, 0.5) is 5.69 Å². The maximum Gasteiger partial charge on any atom is 0.232 e. The highest BCUT2D eigenvalue weighted by molar-refractivity contribution is 7.92. The van der Waals surface area contributed by atoms with Gasteiger partial charge in [0.25, 0.3) is 0 Å². The van der Waals surface area contributed by atoms with Crippen molar-refractivity contribution in [1.82, 2.24) is 5.32 Å². The minimum Gasteiger partial charge on any atom is -0.381 e. The van der Waals surface area contributed by atoms with Crippen molar-refractivity contribution >= 4 is 21.6 Å². The average molecular weight is 354 g/mol. The van der Waals surface area contributed by atoms with E-state index in [9.17, 15) is 13.2 Å². The number of ether oxygens (including phenoxy) is 1. The lowest BCUT2D eigenvalue weighted by Crippen LogP contribution is -2.41. The molecule has 0 bridgehead atoms. The third kappa shape index (κ3) is 5.21. The molecule has 134 valence electrons. The summed E-state index contributed by atoms with van der Waals surface area (Å²) in [5.74, 6) is -0.0566. The van der Waals surface area contributed by atoms with Crippen molar-refractivity contribution in [2.24, 2.45) is 5.92 Å². The molecule has 1 aromatic carbocycles. The molecule has 1 aliphatic rings. The van der Waals surface area contributed by atoms with Gasteiger partial charge in [0.15, 0.2) is 0 Å². The van der Waals surface area contributed by atoms with Crippen LogP contribution in [0.2, 0.25) is 0 Å². The van der Waals surface area contributed by atoms with E-state index in [1.54, 1.807) is 0 Å². The van der Waals surface area contributed by atoms with Crippen molar-refractivity contribution in [1.29, 1.82) is 0 Å². The van der Waals surface area contributed by atoms with Crippen LogP contribution in [0.5, 0.6) is 0 Å². The molecule has 1 aromatic rings. The van der Waals surface area contributed by atoms with E-state index in [1.807, 2.05) is 32.0 Å². The van der Waals surface area contributed by atoms with E-state index in [1.165, 1.54) is 10.6 Å². The largest absolute Gasteiger partial charge is 0.381 e. The van der Waals surface area contributed by atoms with Crippen LogP contribution in [-0.4, -0.2) is 46.9 Å². The second kappa shape index (κ2) is 7.98. The molecule has 0 atom stereocenters. The van der Waals surface area contributed by atoms with E-state index >= 15 is 0 Å². The van der Waals surface area contributed by atoms with E-state index in [0.29, 0.717) is 18.9 Å². The minimum absolute atomic E-state index is 0.0211. The first-order chi connectivity index (χ1) is 11.3. The SMILES string of the molecule is Cc1cc(C)cc(N(CCNC(=O)C2CCOCC2)S(C)(=O)=O)c1. The summed E-state index contributed by atoms with van der Waals surface area (Å²) in [6.07, 6.45) is 2.63. The van der Waals surface area contributed by atoms with Gasteiger partial charge in [-0.25, -0.2) is 8.42 Å². The molecule has 0 spiro atoms. The van der Waals surface area contributed by atoms with E-state index in [2.05, 4.69) is 5.32 Å². The number of benzene rings is 1. The summed E-state index contributed by atoms with van der Waals surface area (Å²) in [6.45, 7) is 5.59. The van der Waals surface area contributed by atoms with Crippen LogP contribution in [0, 0.1) is 19.8 Å². The Bertz CT molecular complexity index is 662.